The highest BCUT2D eigenvalue weighted by Gasteiger charge is 2.35. The molecule has 0 saturated carbocycles. The minimum absolute atomic E-state index is 0.374. The number of hydrogen-bond acceptors (Lipinski definition) is 5. The lowest BCUT2D eigenvalue weighted by Crippen LogP contribution is -2.31. The van der Waals surface area contributed by atoms with Crippen molar-refractivity contribution in [1.29, 1.82) is 0 Å². The van der Waals surface area contributed by atoms with E-state index in [0.29, 0.717) is 17.7 Å². The van der Waals surface area contributed by atoms with E-state index < -0.39 is 18.5 Å². The lowest BCUT2D eigenvalue weighted by molar-refractivity contribution is -0.136. The van der Waals surface area contributed by atoms with Gasteiger partial charge in [-0.2, -0.15) is 5.10 Å². The van der Waals surface area contributed by atoms with Gasteiger partial charge in [0.05, 0.1) is 17.5 Å². The van der Waals surface area contributed by atoms with Gasteiger partial charge in [0.1, 0.15) is 11.8 Å². The molecular weight excluding hydrogens is 380 g/mol. The van der Waals surface area contributed by atoms with E-state index in [1.165, 1.54) is 5.01 Å². The van der Waals surface area contributed by atoms with Gasteiger partial charge in [0.25, 0.3) is 5.91 Å². The molecule has 3 aromatic rings. The second-order valence-corrected chi connectivity index (χ2v) is 7.33. The predicted molar refractivity (Wildman–Crippen MR) is 112 cm³/mol. The Kier molecular flexibility index (Phi) is 5.48. The number of benzene rings is 2. The standard InChI is InChI=1S/C24H22N2O4/c1-16-8-10-18(11-9-16)20-14-21(22-7-4-12-29-22)26(25-20)23(27)15-30-24(28)19-6-3-5-17(2)13-19/h3-13,21H,14-15H2,1-2H3/t21-/m1/s1. The fourth-order valence-corrected chi connectivity index (χ4v) is 3.41. The van der Waals surface area contributed by atoms with Crippen LogP contribution in [-0.4, -0.2) is 29.2 Å². The average molecular weight is 402 g/mol. The van der Waals surface area contributed by atoms with Crippen LogP contribution >= 0.6 is 0 Å². The molecule has 1 aliphatic rings. The molecule has 0 saturated heterocycles. The molecule has 2 aromatic carbocycles. The zero-order valence-electron chi connectivity index (χ0n) is 16.9. The van der Waals surface area contributed by atoms with Crippen molar-refractivity contribution in [2.45, 2.75) is 26.3 Å². The number of carbonyl (C=O) groups excluding carboxylic acids is 2. The van der Waals surface area contributed by atoms with Gasteiger partial charge >= 0.3 is 5.97 Å². The fraction of sp³-hybridized carbons (Fsp3) is 0.208. The van der Waals surface area contributed by atoms with Crippen LogP contribution in [0.25, 0.3) is 0 Å². The zero-order chi connectivity index (χ0) is 21.1. The molecule has 0 fully saturated rings. The molecule has 1 aliphatic heterocycles. The van der Waals surface area contributed by atoms with Gasteiger partial charge in [-0.25, -0.2) is 9.80 Å². The summed E-state index contributed by atoms with van der Waals surface area (Å²) in [5.74, 6) is -0.303. The van der Waals surface area contributed by atoms with E-state index in [1.807, 2.05) is 50.2 Å². The minimum atomic E-state index is -0.538. The number of ether oxygens (including phenoxy) is 1. The fourth-order valence-electron chi connectivity index (χ4n) is 3.41. The molecule has 30 heavy (non-hydrogen) atoms. The van der Waals surface area contributed by atoms with Crippen LogP contribution in [0.15, 0.2) is 76.4 Å². The molecule has 1 atom stereocenters. The molecule has 0 N–H and O–H groups in total. The van der Waals surface area contributed by atoms with E-state index >= 15 is 0 Å². The molecule has 0 bridgehead atoms. The summed E-state index contributed by atoms with van der Waals surface area (Å²) >= 11 is 0. The van der Waals surface area contributed by atoms with Gasteiger partial charge in [-0.05, 0) is 43.7 Å². The summed E-state index contributed by atoms with van der Waals surface area (Å²) in [5.41, 5.74) is 4.24. The van der Waals surface area contributed by atoms with Crippen LogP contribution in [0.5, 0.6) is 0 Å². The number of rotatable bonds is 5. The number of carbonyl (C=O) groups is 2. The highest BCUT2D eigenvalue weighted by atomic mass is 16.5. The summed E-state index contributed by atoms with van der Waals surface area (Å²) in [6.07, 6.45) is 2.09. The molecule has 0 unspecified atom stereocenters. The number of furan rings is 1. The van der Waals surface area contributed by atoms with Gasteiger partial charge in [-0.15, -0.1) is 0 Å². The van der Waals surface area contributed by atoms with Crippen LogP contribution in [0.2, 0.25) is 0 Å². The van der Waals surface area contributed by atoms with E-state index in [9.17, 15) is 9.59 Å². The molecule has 4 rings (SSSR count). The van der Waals surface area contributed by atoms with Gasteiger partial charge in [0.2, 0.25) is 0 Å². The SMILES string of the molecule is Cc1ccc(C2=NN(C(=O)COC(=O)c3cccc(C)c3)[C@@H](c3ccco3)C2)cc1. The topological polar surface area (TPSA) is 72.1 Å². The third-order valence-corrected chi connectivity index (χ3v) is 5.00. The van der Waals surface area contributed by atoms with E-state index in [0.717, 1.165) is 22.4 Å². The predicted octanol–water partition coefficient (Wildman–Crippen LogP) is 4.43. The van der Waals surface area contributed by atoms with Crippen LogP contribution in [0.4, 0.5) is 0 Å². The van der Waals surface area contributed by atoms with Gasteiger partial charge in [-0.1, -0.05) is 47.5 Å². The molecule has 1 amide bonds. The Hall–Kier alpha value is -3.67. The van der Waals surface area contributed by atoms with Gasteiger partial charge in [0, 0.05) is 6.42 Å². The summed E-state index contributed by atoms with van der Waals surface area (Å²) < 4.78 is 10.8. The second kappa shape index (κ2) is 8.37. The average Bonchev–Trinajstić information content (AvgIpc) is 3.42. The summed E-state index contributed by atoms with van der Waals surface area (Å²) in [4.78, 5) is 25.2. The maximum Gasteiger partial charge on any atom is 0.338 e. The maximum absolute atomic E-state index is 12.9. The molecule has 0 radical (unpaired) electrons. The lowest BCUT2D eigenvalue weighted by atomic mass is 10.0. The summed E-state index contributed by atoms with van der Waals surface area (Å²) in [5, 5.41) is 5.90. The Labute approximate surface area is 174 Å². The Balaban J connectivity index is 1.51. The Morgan fingerprint density at radius 2 is 1.87 bits per heavy atom. The molecular formula is C24H22N2O4. The lowest BCUT2D eigenvalue weighted by Gasteiger charge is -2.19. The van der Waals surface area contributed by atoms with Crippen molar-refractivity contribution in [2.75, 3.05) is 6.61 Å². The van der Waals surface area contributed by atoms with E-state index in [1.54, 1.807) is 30.5 Å². The number of hydrazone groups is 1. The highest BCUT2D eigenvalue weighted by molar-refractivity contribution is 6.03. The first-order valence-corrected chi connectivity index (χ1v) is 9.75. The van der Waals surface area contributed by atoms with E-state index in [-0.39, 0.29) is 6.04 Å². The highest BCUT2D eigenvalue weighted by Crippen LogP contribution is 2.33. The van der Waals surface area contributed by atoms with Gasteiger partial charge < -0.3 is 9.15 Å². The van der Waals surface area contributed by atoms with Crippen molar-refractivity contribution >= 4 is 17.6 Å². The molecule has 0 spiro atoms. The Morgan fingerprint density at radius 3 is 2.57 bits per heavy atom. The molecule has 6 heteroatoms. The molecule has 6 nitrogen and oxygen atoms in total. The molecule has 152 valence electrons. The quantitative estimate of drug-likeness (QED) is 0.592. The zero-order valence-corrected chi connectivity index (χ0v) is 16.9. The molecule has 1 aromatic heterocycles. The monoisotopic (exact) mass is 402 g/mol. The number of esters is 1. The smallest absolute Gasteiger partial charge is 0.338 e. The summed E-state index contributed by atoms with van der Waals surface area (Å²) in [6.45, 7) is 3.51. The van der Waals surface area contributed by atoms with Crippen LogP contribution in [0.1, 0.15) is 45.3 Å². The number of hydrogen-bond donors (Lipinski definition) is 0. The van der Waals surface area contributed by atoms with Crippen LogP contribution in [0.3, 0.4) is 0 Å². The van der Waals surface area contributed by atoms with Crippen molar-refractivity contribution in [1.82, 2.24) is 5.01 Å². The van der Waals surface area contributed by atoms with Crippen LogP contribution in [-0.2, 0) is 9.53 Å². The first kappa shape index (κ1) is 19.6. The largest absolute Gasteiger partial charge is 0.467 e. The van der Waals surface area contributed by atoms with E-state index in [2.05, 4.69) is 5.10 Å². The molecule has 2 heterocycles. The first-order chi connectivity index (χ1) is 14.5. The van der Waals surface area contributed by atoms with Crippen LogP contribution in [0, 0.1) is 13.8 Å². The number of amides is 1. The van der Waals surface area contributed by atoms with Gasteiger partial charge in [0.15, 0.2) is 6.61 Å². The maximum atomic E-state index is 12.9. The second-order valence-electron chi connectivity index (χ2n) is 7.33. The third kappa shape index (κ3) is 4.17. The van der Waals surface area contributed by atoms with Crippen molar-refractivity contribution in [2.24, 2.45) is 5.10 Å². The van der Waals surface area contributed by atoms with Crippen LogP contribution < -0.4 is 0 Å². The number of aryl methyl sites for hydroxylation is 2. The third-order valence-electron chi connectivity index (χ3n) is 5.00. The van der Waals surface area contributed by atoms with E-state index in [4.69, 9.17) is 9.15 Å². The van der Waals surface area contributed by atoms with Gasteiger partial charge in [-0.3, -0.25) is 4.79 Å². The first-order valence-electron chi connectivity index (χ1n) is 9.75. The van der Waals surface area contributed by atoms with Crippen molar-refractivity contribution in [3.63, 3.8) is 0 Å². The summed E-state index contributed by atoms with van der Waals surface area (Å²) in [6, 6.07) is 18.3. The van der Waals surface area contributed by atoms with Crippen molar-refractivity contribution < 1.29 is 18.7 Å². The van der Waals surface area contributed by atoms with Crippen molar-refractivity contribution in [3.05, 3.63) is 94.9 Å². The number of nitrogens with zero attached hydrogens (tertiary/aromatic N) is 2. The minimum Gasteiger partial charge on any atom is -0.467 e. The van der Waals surface area contributed by atoms with Crippen molar-refractivity contribution in [3.8, 4) is 0 Å². The normalized spacial score (nSPS) is 15.7. The Bertz CT molecular complexity index is 1080. The Morgan fingerprint density at radius 1 is 1.07 bits per heavy atom. The summed E-state index contributed by atoms with van der Waals surface area (Å²) in [7, 11) is 0. The molecule has 0 aliphatic carbocycles.